The second kappa shape index (κ2) is 6.99. The van der Waals surface area contributed by atoms with Gasteiger partial charge < -0.3 is 20.1 Å². The molecule has 1 unspecified atom stereocenters. The van der Waals surface area contributed by atoms with Crippen LogP contribution in [-0.4, -0.2) is 27.8 Å². The quantitative estimate of drug-likeness (QED) is 0.887. The van der Waals surface area contributed by atoms with Crippen LogP contribution >= 0.6 is 0 Å². The van der Waals surface area contributed by atoms with E-state index in [1.54, 1.807) is 14.2 Å². The Hall–Kier alpha value is -2.20. The van der Waals surface area contributed by atoms with Crippen LogP contribution < -0.4 is 20.1 Å². The van der Waals surface area contributed by atoms with Crippen molar-refractivity contribution in [3.63, 3.8) is 0 Å². The van der Waals surface area contributed by atoms with Crippen molar-refractivity contribution in [1.82, 2.24) is 0 Å². The highest BCUT2D eigenvalue weighted by atomic mass is 16.5. The predicted octanol–water partition coefficient (Wildman–Crippen LogP) is 2.84. The molecule has 0 heterocycles. The first-order valence-corrected chi connectivity index (χ1v) is 6.89. The Labute approximate surface area is 126 Å². The van der Waals surface area contributed by atoms with Gasteiger partial charge in [0.2, 0.25) is 0 Å². The lowest BCUT2D eigenvalue weighted by molar-refractivity contribution is 0.405. The summed E-state index contributed by atoms with van der Waals surface area (Å²) >= 11 is 0. The minimum absolute atomic E-state index is 0.127. The molecule has 112 valence electrons. The average molecular weight is 286 g/mol. The minimum Gasteiger partial charge on any atom is -0.497 e. The van der Waals surface area contributed by atoms with Crippen LogP contribution in [0.3, 0.4) is 0 Å². The Morgan fingerprint density at radius 3 is 2.52 bits per heavy atom. The van der Waals surface area contributed by atoms with Gasteiger partial charge in [-0.3, -0.25) is 0 Å². The monoisotopic (exact) mass is 286 g/mol. The molecule has 0 fully saturated rings. The zero-order chi connectivity index (χ0) is 15.2. The van der Waals surface area contributed by atoms with Crippen molar-refractivity contribution in [3.8, 4) is 11.5 Å². The molecule has 2 N–H and O–H groups in total. The summed E-state index contributed by atoms with van der Waals surface area (Å²) in [4.78, 5) is 2.11. The summed E-state index contributed by atoms with van der Waals surface area (Å²) < 4.78 is 10.6. The summed E-state index contributed by atoms with van der Waals surface area (Å²) in [5.74, 6) is 1.66. The van der Waals surface area contributed by atoms with E-state index in [1.165, 1.54) is 0 Å². The molecule has 4 heteroatoms. The van der Waals surface area contributed by atoms with Crippen LogP contribution in [0.5, 0.6) is 11.5 Å². The SMILES string of the molecule is COc1cccc(N(C)CC(N)c2ccccc2OC)c1. The minimum atomic E-state index is -0.127. The van der Waals surface area contributed by atoms with E-state index in [-0.39, 0.29) is 6.04 Å². The largest absolute Gasteiger partial charge is 0.497 e. The summed E-state index contributed by atoms with van der Waals surface area (Å²) in [6.07, 6.45) is 0. The maximum atomic E-state index is 6.33. The summed E-state index contributed by atoms with van der Waals surface area (Å²) in [6.45, 7) is 0.688. The van der Waals surface area contributed by atoms with Crippen molar-refractivity contribution in [2.24, 2.45) is 5.73 Å². The van der Waals surface area contributed by atoms with E-state index in [4.69, 9.17) is 15.2 Å². The van der Waals surface area contributed by atoms with Crippen LogP contribution in [0.1, 0.15) is 11.6 Å². The number of methoxy groups -OCH3 is 2. The Morgan fingerprint density at radius 2 is 1.81 bits per heavy atom. The van der Waals surface area contributed by atoms with Gasteiger partial charge >= 0.3 is 0 Å². The smallest absolute Gasteiger partial charge is 0.123 e. The Kier molecular flexibility index (Phi) is 5.06. The molecule has 0 aliphatic heterocycles. The van der Waals surface area contributed by atoms with Crippen LogP contribution in [0.25, 0.3) is 0 Å². The molecule has 0 spiro atoms. The van der Waals surface area contributed by atoms with Crippen molar-refractivity contribution < 1.29 is 9.47 Å². The molecular formula is C17H22N2O2. The number of nitrogens with zero attached hydrogens (tertiary/aromatic N) is 1. The van der Waals surface area contributed by atoms with Crippen LogP contribution in [-0.2, 0) is 0 Å². The first kappa shape index (κ1) is 15.2. The van der Waals surface area contributed by atoms with Gasteiger partial charge in [-0.1, -0.05) is 24.3 Å². The van der Waals surface area contributed by atoms with Gasteiger partial charge in [0.15, 0.2) is 0 Å². The van der Waals surface area contributed by atoms with Crippen molar-refractivity contribution in [3.05, 3.63) is 54.1 Å². The number of nitrogens with two attached hydrogens (primary N) is 1. The summed E-state index contributed by atoms with van der Waals surface area (Å²) in [5, 5.41) is 0. The van der Waals surface area contributed by atoms with E-state index in [9.17, 15) is 0 Å². The fraction of sp³-hybridized carbons (Fsp3) is 0.294. The molecule has 1 atom stereocenters. The second-order valence-electron chi connectivity index (χ2n) is 4.93. The number of rotatable bonds is 6. The number of benzene rings is 2. The lowest BCUT2D eigenvalue weighted by atomic mass is 10.1. The number of anilines is 1. The number of hydrogen-bond acceptors (Lipinski definition) is 4. The number of hydrogen-bond donors (Lipinski definition) is 1. The molecule has 0 saturated carbocycles. The third kappa shape index (κ3) is 3.67. The average Bonchev–Trinajstić information content (AvgIpc) is 2.54. The van der Waals surface area contributed by atoms with E-state index in [1.807, 2.05) is 55.6 Å². The molecule has 0 bridgehead atoms. The van der Waals surface area contributed by atoms with Crippen molar-refractivity contribution in [1.29, 1.82) is 0 Å². The molecule has 21 heavy (non-hydrogen) atoms. The van der Waals surface area contributed by atoms with Gasteiger partial charge in [-0.15, -0.1) is 0 Å². The lowest BCUT2D eigenvalue weighted by Crippen LogP contribution is -2.29. The van der Waals surface area contributed by atoms with Gasteiger partial charge in [-0.25, -0.2) is 0 Å². The number of likely N-dealkylation sites (N-methyl/N-ethyl adjacent to an activating group) is 1. The summed E-state index contributed by atoms with van der Waals surface area (Å²) in [5.41, 5.74) is 8.41. The third-order valence-electron chi connectivity index (χ3n) is 3.50. The molecule has 0 aliphatic carbocycles. The van der Waals surface area contributed by atoms with Gasteiger partial charge in [0, 0.05) is 30.9 Å². The fourth-order valence-corrected chi connectivity index (χ4v) is 2.32. The van der Waals surface area contributed by atoms with Crippen LogP contribution in [0.2, 0.25) is 0 Å². The predicted molar refractivity (Wildman–Crippen MR) is 86.2 cm³/mol. The highest BCUT2D eigenvalue weighted by Gasteiger charge is 2.14. The summed E-state index contributed by atoms with van der Waals surface area (Å²) in [7, 11) is 5.35. The van der Waals surface area contributed by atoms with E-state index >= 15 is 0 Å². The molecule has 2 rings (SSSR count). The second-order valence-corrected chi connectivity index (χ2v) is 4.93. The first-order chi connectivity index (χ1) is 10.2. The fourth-order valence-electron chi connectivity index (χ4n) is 2.32. The molecule has 0 aromatic heterocycles. The molecule has 2 aromatic rings. The van der Waals surface area contributed by atoms with E-state index in [0.717, 1.165) is 22.7 Å². The zero-order valence-corrected chi connectivity index (χ0v) is 12.7. The van der Waals surface area contributed by atoms with Gasteiger partial charge in [-0.2, -0.15) is 0 Å². The molecule has 2 aromatic carbocycles. The number of ether oxygens (including phenoxy) is 2. The topological polar surface area (TPSA) is 47.7 Å². The van der Waals surface area contributed by atoms with Gasteiger partial charge in [0.05, 0.1) is 20.3 Å². The molecule has 0 aliphatic rings. The molecular weight excluding hydrogens is 264 g/mol. The molecule has 4 nitrogen and oxygen atoms in total. The van der Waals surface area contributed by atoms with Crippen molar-refractivity contribution >= 4 is 5.69 Å². The lowest BCUT2D eigenvalue weighted by Gasteiger charge is -2.25. The maximum absolute atomic E-state index is 6.33. The van der Waals surface area contributed by atoms with Gasteiger partial charge in [-0.05, 0) is 18.2 Å². The molecule has 0 amide bonds. The van der Waals surface area contributed by atoms with Crippen LogP contribution in [0.15, 0.2) is 48.5 Å². The maximum Gasteiger partial charge on any atom is 0.123 e. The summed E-state index contributed by atoms with van der Waals surface area (Å²) in [6, 6.07) is 15.7. The highest BCUT2D eigenvalue weighted by molar-refractivity contribution is 5.50. The molecule has 0 radical (unpaired) electrons. The Bertz CT molecular complexity index is 587. The highest BCUT2D eigenvalue weighted by Crippen LogP contribution is 2.26. The third-order valence-corrected chi connectivity index (χ3v) is 3.50. The van der Waals surface area contributed by atoms with Crippen LogP contribution in [0.4, 0.5) is 5.69 Å². The standard InChI is InChI=1S/C17H22N2O2/c1-19(13-7-6-8-14(11-13)20-2)12-16(18)15-9-4-5-10-17(15)21-3/h4-11,16H,12,18H2,1-3H3. The van der Waals surface area contributed by atoms with Crippen molar-refractivity contribution in [2.75, 3.05) is 32.7 Å². The number of para-hydroxylation sites is 1. The normalized spacial score (nSPS) is 11.8. The first-order valence-electron chi connectivity index (χ1n) is 6.89. The Morgan fingerprint density at radius 1 is 1.05 bits per heavy atom. The molecule has 0 saturated heterocycles. The van der Waals surface area contributed by atoms with Gasteiger partial charge in [0.1, 0.15) is 11.5 Å². The van der Waals surface area contributed by atoms with E-state index < -0.39 is 0 Å². The van der Waals surface area contributed by atoms with E-state index in [2.05, 4.69) is 4.90 Å². The van der Waals surface area contributed by atoms with Crippen molar-refractivity contribution in [2.45, 2.75) is 6.04 Å². The zero-order valence-electron chi connectivity index (χ0n) is 12.7. The van der Waals surface area contributed by atoms with Crippen LogP contribution in [0, 0.1) is 0 Å². The van der Waals surface area contributed by atoms with E-state index in [0.29, 0.717) is 6.54 Å². The van der Waals surface area contributed by atoms with Gasteiger partial charge in [0.25, 0.3) is 0 Å². The Balaban J connectivity index is 2.12.